The fourth-order valence-corrected chi connectivity index (χ4v) is 15.5. The van der Waals surface area contributed by atoms with Gasteiger partial charge >= 0.3 is 261 Å². The quantitative estimate of drug-likeness (QED) is 0.244. The van der Waals surface area contributed by atoms with Crippen LogP contribution in [0.15, 0.2) is 140 Å². The first-order valence-corrected chi connectivity index (χ1v) is 18.9. The van der Waals surface area contributed by atoms with E-state index in [1.807, 2.05) is 6.07 Å². The maximum Gasteiger partial charge on any atom is -1.00 e. The van der Waals surface area contributed by atoms with Gasteiger partial charge in [0.1, 0.15) is 0 Å². The first kappa shape index (κ1) is 30.9. The van der Waals surface area contributed by atoms with Gasteiger partial charge < -0.3 is 24.8 Å². The number of rotatable bonds is 4. The Bertz CT molecular complexity index is 2130. The van der Waals surface area contributed by atoms with E-state index in [9.17, 15) is 0 Å². The van der Waals surface area contributed by atoms with E-state index in [1.54, 1.807) is 3.27 Å². The van der Waals surface area contributed by atoms with Gasteiger partial charge in [0.2, 0.25) is 0 Å². The van der Waals surface area contributed by atoms with Crippen molar-refractivity contribution in [3.8, 4) is 11.1 Å². The Labute approximate surface area is 284 Å². The van der Waals surface area contributed by atoms with Crippen molar-refractivity contribution in [2.75, 3.05) is 0 Å². The molecule has 0 atom stereocenters. The Morgan fingerprint density at radius 2 is 1.36 bits per heavy atom. The van der Waals surface area contributed by atoms with Crippen molar-refractivity contribution in [1.82, 2.24) is 0 Å². The largest absolute Gasteiger partial charge is 1.00 e. The third-order valence-electron chi connectivity index (χ3n) is 8.90. The van der Waals surface area contributed by atoms with Gasteiger partial charge in [-0.25, -0.2) is 0 Å². The van der Waals surface area contributed by atoms with Gasteiger partial charge in [-0.1, -0.05) is 0 Å². The van der Waals surface area contributed by atoms with Crippen molar-refractivity contribution >= 4 is 39.6 Å². The van der Waals surface area contributed by atoms with Crippen molar-refractivity contribution in [1.29, 1.82) is 0 Å². The summed E-state index contributed by atoms with van der Waals surface area (Å²) in [6.07, 6.45) is 10.4. The van der Waals surface area contributed by atoms with E-state index < -0.39 is 21.3 Å². The predicted octanol–water partition coefficient (Wildman–Crippen LogP) is 3.96. The molecule has 214 valence electrons. The zero-order valence-electron chi connectivity index (χ0n) is 24.2. The van der Waals surface area contributed by atoms with Crippen LogP contribution in [0.2, 0.25) is 8.65 Å². The van der Waals surface area contributed by atoms with E-state index >= 15 is 0 Å². The third kappa shape index (κ3) is 5.19. The first-order valence-electron chi connectivity index (χ1n) is 14.6. The van der Waals surface area contributed by atoms with Gasteiger partial charge in [-0.15, -0.1) is 0 Å². The SMILES string of the molecule is Cc1ccc([C](c2cccc(Cl)c2)=[Zr+2]([c]2cccc3c2c2c(c4ccccc43)-c3ccccc3C2)[CH]2C=CC=C2)cc1.[Cl-].[Cl-]. The van der Waals surface area contributed by atoms with Crippen LogP contribution in [0.25, 0.3) is 32.7 Å². The molecule has 0 heterocycles. The smallest absolute Gasteiger partial charge is 1.00 e. The van der Waals surface area contributed by atoms with Gasteiger partial charge in [0.25, 0.3) is 0 Å². The number of hydrogen-bond acceptors (Lipinski definition) is 0. The summed E-state index contributed by atoms with van der Waals surface area (Å²) in [5, 5.41) is 6.37. The van der Waals surface area contributed by atoms with Crippen LogP contribution in [0.5, 0.6) is 0 Å². The Hall–Kier alpha value is -3.06. The molecule has 0 saturated heterocycles. The van der Waals surface area contributed by atoms with Crippen LogP contribution in [0.3, 0.4) is 0 Å². The topological polar surface area (TPSA) is 0 Å². The minimum atomic E-state index is -2.77. The fraction of sp³-hybridized carbons (Fsp3) is 0.0750. The molecule has 6 aromatic rings. The van der Waals surface area contributed by atoms with E-state index in [2.05, 4.69) is 140 Å². The number of aryl methyl sites for hydroxylation is 1. The molecule has 0 spiro atoms. The average Bonchev–Trinajstić information content (AvgIpc) is 3.69. The number of benzene rings is 6. The maximum absolute atomic E-state index is 6.68. The molecule has 8 rings (SSSR count). The minimum Gasteiger partial charge on any atom is -1.00 e. The molecule has 0 aliphatic heterocycles. The maximum atomic E-state index is 6.68. The summed E-state index contributed by atoms with van der Waals surface area (Å²) in [6.45, 7) is 2.17. The second-order valence-corrected chi connectivity index (χ2v) is 18.1. The summed E-state index contributed by atoms with van der Waals surface area (Å²) in [7, 11) is 0. The van der Waals surface area contributed by atoms with Gasteiger partial charge in [0.05, 0.1) is 0 Å². The zero-order chi connectivity index (χ0) is 28.2. The Balaban J connectivity index is 0.00000171. The number of halogens is 3. The van der Waals surface area contributed by atoms with Crippen molar-refractivity contribution in [3.63, 3.8) is 0 Å². The fourth-order valence-electron chi connectivity index (χ4n) is 7.09. The standard InChI is InChI=1S/C21H13.C14H11Cl.C5H5.2ClH.Zr/c1-2-8-15-14(7-1)13-20-18-11-4-3-9-16(18)17-10-5-6-12-19(17)21(15)20;1-11-5-7-12(8-6-11)9-13-3-2-4-14(15)10-13;1-2-4-5-3-1;;;/h1-10,12H,13H2;2-8,10H,1H3;1-5H;2*1H;/q;;;;;+2/p-2. The monoisotopic (exact) mass is 704 g/mol. The number of fused-ring (bicyclic) bond motifs is 8. The molecule has 0 N–H and O–H groups in total. The summed E-state index contributed by atoms with van der Waals surface area (Å²) in [5.41, 5.74) is 9.62. The Morgan fingerprint density at radius 1 is 0.682 bits per heavy atom. The molecule has 0 bridgehead atoms. The molecule has 2 aliphatic rings. The molecule has 0 fully saturated rings. The molecule has 44 heavy (non-hydrogen) atoms. The summed E-state index contributed by atoms with van der Waals surface area (Å²) < 4.78 is 3.49. The Kier molecular flexibility index (Phi) is 8.96. The zero-order valence-corrected chi connectivity index (χ0v) is 28.9. The second kappa shape index (κ2) is 12.7. The Morgan fingerprint density at radius 3 is 2.14 bits per heavy atom. The average molecular weight is 707 g/mol. The van der Waals surface area contributed by atoms with Crippen LogP contribution in [0, 0.1) is 6.92 Å². The first-order chi connectivity index (χ1) is 20.7. The van der Waals surface area contributed by atoms with Crippen LogP contribution in [-0.4, -0.2) is 3.21 Å². The van der Waals surface area contributed by atoms with Gasteiger partial charge in [0, 0.05) is 0 Å². The molecule has 4 heteroatoms. The van der Waals surface area contributed by atoms with Crippen LogP contribution < -0.4 is 28.1 Å². The molecule has 0 nitrogen and oxygen atoms in total. The van der Waals surface area contributed by atoms with E-state index in [0.717, 1.165) is 11.4 Å². The summed E-state index contributed by atoms with van der Waals surface area (Å²) in [6, 6.07) is 42.9. The molecule has 0 amide bonds. The minimum absolute atomic E-state index is 0. The molecule has 0 radical (unpaired) electrons. The van der Waals surface area contributed by atoms with E-state index in [1.165, 1.54) is 63.7 Å². The molecule has 0 aromatic heterocycles. The molecule has 0 saturated carbocycles. The van der Waals surface area contributed by atoms with Crippen molar-refractivity contribution in [2.24, 2.45) is 0 Å². The molecular weight excluding hydrogens is 678 g/mol. The molecular formula is C40H29Cl3Zr. The predicted molar refractivity (Wildman–Crippen MR) is 177 cm³/mol. The van der Waals surface area contributed by atoms with E-state index in [4.69, 9.17) is 11.6 Å². The number of hydrogen-bond donors (Lipinski definition) is 0. The van der Waals surface area contributed by atoms with E-state index in [0.29, 0.717) is 3.63 Å². The van der Waals surface area contributed by atoms with Gasteiger partial charge in [0.15, 0.2) is 0 Å². The summed E-state index contributed by atoms with van der Waals surface area (Å²) in [4.78, 5) is 0. The van der Waals surface area contributed by atoms with Gasteiger partial charge in [-0.3, -0.25) is 0 Å². The summed E-state index contributed by atoms with van der Waals surface area (Å²) in [5.74, 6) is 0. The molecule has 0 unspecified atom stereocenters. The van der Waals surface area contributed by atoms with Crippen molar-refractivity contribution in [2.45, 2.75) is 17.0 Å². The second-order valence-electron chi connectivity index (χ2n) is 11.4. The normalized spacial score (nSPS) is 13.4. The molecule has 2 aliphatic carbocycles. The van der Waals surface area contributed by atoms with Crippen LogP contribution in [0.1, 0.15) is 27.8 Å². The van der Waals surface area contributed by atoms with Crippen molar-refractivity contribution < 1.29 is 46.1 Å². The van der Waals surface area contributed by atoms with Crippen LogP contribution in [0.4, 0.5) is 0 Å². The number of allylic oxidation sites excluding steroid dienone is 4. The van der Waals surface area contributed by atoms with Crippen LogP contribution in [-0.2, 0) is 27.7 Å². The van der Waals surface area contributed by atoms with Crippen molar-refractivity contribution in [3.05, 3.63) is 172 Å². The van der Waals surface area contributed by atoms with Crippen LogP contribution >= 0.6 is 11.6 Å². The van der Waals surface area contributed by atoms with E-state index in [-0.39, 0.29) is 24.8 Å². The van der Waals surface area contributed by atoms with Gasteiger partial charge in [-0.05, 0) is 0 Å². The third-order valence-corrected chi connectivity index (χ3v) is 16.9. The van der Waals surface area contributed by atoms with Gasteiger partial charge in [-0.2, -0.15) is 0 Å². The molecule has 6 aromatic carbocycles. The summed E-state index contributed by atoms with van der Waals surface area (Å²) >= 11 is 3.91.